The number of hydrogen-bond donors (Lipinski definition) is 0. The van der Waals surface area contributed by atoms with Gasteiger partial charge in [-0.25, -0.2) is 0 Å². The molecule has 1 aromatic heterocycles. The fourth-order valence-corrected chi connectivity index (χ4v) is 6.18. The van der Waals surface area contributed by atoms with Crippen molar-refractivity contribution < 1.29 is 9.21 Å². The van der Waals surface area contributed by atoms with Gasteiger partial charge in [-0.2, -0.15) is 0 Å². The summed E-state index contributed by atoms with van der Waals surface area (Å²) in [5.41, 5.74) is 0.873. The molecule has 6 rings (SSSR count). The number of halogens is 1. The molecule has 0 unspecified atom stereocenters. The summed E-state index contributed by atoms with van der Waals surface area (Å²) >= 11 is 6.05. The van der Waals surface area contributed by atoms with Crippen LogP contribution in [0.3, 0.4) is 0 Å². The number of ketones is 1. The minimum absolute atomic E-state index is 0.0758. The Hall–Kier alpha value is -1.80. The van der Waals surface area contributed by atoms with Crippen molar-refractivity contribution in [2.24, 2.45) is 23.2 Å². The van der Waals surface area contributed by atoms with E-state index in [1.54, 1.807) is 6.08 Å². The lowest BCUT2D eigenvalue weighted by molar-refractivity contribution is -0.138. The van der Waals surface area contributed by atoms with Crippen LogP contribution in [-0.4, -0.2) is 5.78 Å². The first-order valence-corrected chi connectivity index (χ1v) is 10.1. The van der Waals surface area contributed by atoms with E-state index in [0.717, 1.165) is 54.1 Å². The quantitative estimate of drug-likeness (QED) is 0.586. The van der Waals surface area contributed by atoms with E-state index in [4.69, 9.17) is 16.0 Å². The van der Waals surface area contributed by atoms with Gasteiger partial charge in [-0.15, -0.1) is 0 Å². The lowest BCUT2D eigenvalue weighted by Gasteiger charge is -2.55. The van der Waals surface area contributed by atoms with E-state index in [1.807, 2.05) is 42.5 Å². The van der Waals surface area contributed by atoms with Gasteiger partial charge < -0.3 is 4.42 Å². The Balaban J connectivity index is 1.34. The molecule has 0 aliphatic heterocycles. The Labute approximate surface area is 159 Å². The number of carbonyl (C=O) groups excluding carboxylic acids is 1. The van der Waals surface area contributed by atoms with Gasteiger partial charge in [0.05, 0.1) is 0 Å². The molecule has 4 saturated carbocycles. The zero-order valence-corrected chi connectivity index (χ0v) is 15.5. The Kier molecular flexibility index (Phi) is 3.86. The minimum atomic E-state index is -0.0758. The lowest BCUT2D eigenvalue weighted by Crippen LogP contribution is -2.49. The van der Waals surface area contributed by atoms with E-state index in [1.165, 1.54) is 19.3 Å². The molecular formula is C23H23ClO2. The van der Waals surface area contributed by atoms with E-state index < -0.39 is 0 Å². The highest BCUT2D eigenvalue weighted by Crippen LogP contribution is 2.60. The first kappa shape index (κ1) is 16.4. The number of benzene rings is 1. The summed E-state index contributed by atoms with van der Waals surface area (Å²) in [6, 6.07) is 11.5. The molecule has 0 radical (unpaired) electrons. The number of allylic oxidation sites excluding steroid dienone is 1. The first-order valence-electron chi connectivity index (χ1n) is 9.68. The maximum absolute atomic E-state index is 13.0. The van der Waals surface area contributed by atoms with Gasteiger partial charge in [-0.1, -0.05) is 23.7 Å². The molecule has 2 nitrogen and oxygen atoms in total. The summed E-state index contributed by atoms with van der Waals surface area (Å²) in [7, 11) is 0. The maximum atomic E-state index is 13.0. The molecule has 0 atom stereocenters. The van der Waals surface area contributed by atoms with Crippen LogP contribution < -0.4 is 0 Å². The lowest BCUT2D eigenvalue weighted by atomic mass is 9.48. The summed E-state index contributed by atoms with van der Waals surface area (Å²) in [4.78, 5) is 13.0. The summed E-state index contributed by atoms with van der Waals surface area (Å²) in [5.74, 6) is 4.18. The van der Waals surface area contributed by atoms with Crippen molar-refractivity contribution in [2.45, 2.75) is 38.5 Å². The third-order valence-corrected chi connectivity index (χ3v) is 6.93. The van der Waals surface area contributed by atoms with E-state index in [0.29, 0.717) is 10.8 Å². The predicted molar refractivity (Wildman–Crippen MR) is 104 cm³/mol. The van der Waals surface area contributed by atoms with Crippen LogP contribution in [0.4, 0.5) is 0 Å². The molecule has 4 aliphatic rings. The molecule has 1 heterocycles. The highest BCUT2D eigenvalue weighted by Gasteiger charge is 2.53. The van der Waals surface area contributed by atoms with Crippen LogP contribution in [-0.2, 0) is 4.79 Å². The predicted octanol–water partition coefficient (Wildman–Crippen LogP) is 6.40. The molecule has 0 N–H and O–H groups in total. The molecule has 4 aliphatic carbocycles. The van der Waals surface area contributed by atoms with Crippen molar-refractivity contribution in [3.63, 3.8) is 0 Å². The maximum Gasteiger partial charge on any atom is 0.161 e. The van der Waals surface area contributed by atoms with Gasteiger partial charge in [0, 0.05) is 16.0 Å². The number of hydrogen-bond acceptors (Lipinski definition) is 2. The van der Waals surface area contributed by atoms with Crippen molar-refractivity contribution in [1.82, 2.24) is 0 Å². The molecule has 1 aromatic carbocycles. The molecule has 134 valence electrons. The standard InChI is InChI=1S/C23H23ClO2/c24-19-3-1-2-18(11-19)21-6-4-20(26-21)5-7-22(25)23-12-15-8-16(13-23)10-17(9-15)14-23/h1-7,11,15-17H,8-10,12-14H2/b7-5+. The normalized spacial score (nSPS) is 32.4. The van der Waals surface area contributed by atoms with Crippen LogP contribution in [0.2, 0.25) is 5.02 Å². The largest absolute Gasteiger partial charge is 0.457 e. The SMILES string of the molecule is O=C(/C=C/c1ccc(-c2cccc(Cl)c2)o1)C12CC3CC(CC(C3)C1)C2. The van der Waals surface area contributed by atoms with Crippen LogP contribution in [0, 0.1) is 23.2 Å². The van der Waals surface area contributed by atoms with Crippen molar-refractivity contribution in [3.05, 3.63) is 53.3 Å². The monoisotopic (exact) mass is 366 g/mol. The molecule has 2 aromatic rings. The van der Waals surface area contributed by atoms with Crippen molar-refractivity contribution in [1.29, 1.82) is 0 Å². The Morgan fingerprint density at radius 2 is 1.73 bits per heavy atom. The molecule has 4 bridgehead atoms. The highest BCUT2D eigenvalue weighted by atomic mass is 35.5. The molecule has 26 heavy (non-hydrogen) atoms. The van der Waals surface area contributed by atoms with Crippen molar-refractivity contribution in [3.8, 4) is 11.3 Å². The van der Waals surface area contributed by atoms with Crippen LogP contribution >= 0.6 is 11.6 Å². The number of carbonyl (C=O) groups is 1. The van der Waals surface area contributed by atoms with Crippen LogP contribution in [0.5, 0.6) is 0 Å². The van der Waals surface area contributed by atoms with E-state index in [2.05, 4.69) is 0 Å². The minimum Gasteiger partial charge on any atom is -0.457 e. The highest BCUT2D eigenvalue weighted by molar-refractivity contribution is 6.30. The zero-order chi connectivity index (χ0) is 17.7. The number of rotatable bonds is 4. The smallest absolute Gasteiger partial charge is 0.161 e. The summed E-state index contributed by atoms with van der Waals surface area (Å²) in [6.45, 7) is 0. The third-order valence-electron chi connectivity index (χ3n) is 6.70. The number of furan rings is 1. The second kappa shape index (κ2) is 6.13. The fraction of sp³-hybridized carbons (Fsp3) is 0.435. The van der Waals surface area contributed by atoms with Gasteiger partial charge in [0.25, 0.3) is 0 Å². The Morgan fingerprint density at radius 3 is 2.38 bits per heavy atom. The molecule has 0 spiro atoms. The average molecular weight is 367 g/mol. The van der Waals surface area contributed by atoms with E-state index in [9.17, 15) is 4.79 Å². The van der Waals surface area contributed by atoms with Crippen LogP contribution in [0.25, 0.3) is 17.4 Å². The summed E-state index contributed by atoms with van der Waals surface area (Å²) < 4.78 is 5.90. The second-order valence-electron chi connectivity index (χ2n) is 8.61. The van der Waals surface area contributed by atoms with E-state index in [-0.39, 0.29) is 5.41 Å². The average Bonchev–Trinajstić information content (AvgIpc) is 3.07. The zero-order valence-electron chi connectivity index (χ0n) is 14.8. The van der Waals surface area contributed by atoms with Gasteiger partial charge >= 0.3 is 0 Å². The van der Waals surface area contributed by atoms with Gasteiger partial charge in [0.15, 0.2) is 5.78 Å². The molecule has 0 saturated heterocycles. The van der Waals surface area contributed by atoms with Crippen LogP contribution in [0.15, 0.2) is 46.9 Å². The van der Waals surface area contributed by atoms with Crippen molar-refractivity contribution in [2.75, 3.05) is 0 Å². The van der Waals surface area contributed by atoms with Gasteiger partial charge in [-0.3, -0.25) is 4.79 Å². The van der Waals surface area contributed by atoms with Gasteiger partial charge in [0.1, 0.15) is 11.5 Å². The Morgan fingerprint density at radius 1 is 1.04 bits per heavy atom. The molecule has 4 fully saturated rings. The third kappa shape index (κ3) is 2.85. The van der Waals surface area contributed by atoms with Gasteiger partial charge in [-0.05, 0) is 92.7 Å². The molecular weight excluding hydrogens is 344 g/mol. The summed E-state index contributed by atoms with van der Waals surface area (Å²) in [6.07, 6.45) is 11.0. The van der Waals surface area contributed by atoms with Crippen LogP contribution in [0.1, 0.15) is 44.3 Å². The van der Waals surface area contributed by atoms with E-state index >= 15 is 0 Å². The Bertz CT molecular complexity index is 841. The summed E-state index contributed by atoms with van der Waals surface area (Å²) in [5, 5.41) is 0.688. The molecule has 3 heteroatoms. The second-order valence-corrected chi connectivity index (χ2v) is 9.04. The topological polar surface area (TPSA) is 30.2 Å². The van der Waals surface area contributed by atoms with Gasteiger partial charge in [0.2, 0.25) is 0 Å². The van der Waals surface area contributed by atoms with Crippen molar-refractivity contribution >= 4 is 23.5 Å². The first-order chi connectivity index (χ1) is 12.6. The molecule has 0 amide bonds. The fourth-order valence-electron chi connectivity index (χ4n) is 5.99.